The molecule has 6 heteroatoms. The average molecular weight is 354 g/mol. The molecule has 0 spiro atoms. The number of benzene rings is 1. The zero-order valence-electron chi connectivity index (χ0n) is 11.8. The minimum absolute atomic E-state index is 0.0620. The summed E-state index contributed by atoms with van der Waals surface area (Å²) in [6.45, 7) is 2.29. The lowest BCUT2D eigenvalue weighted by Crippen LogP contribution is -2.54. The molecule has 1 saturated carbocycles. The van der Waals surface area contributed by atoms with E-state index in [0.717, 1.165) is 28.6 Å². The van der Waals surface area contributed by atoms with Crippen molar-refractivity contribution in [3.05, 3.63) is 28.2 Å². The summed E-state index contributed by atoms with van der Waals surface area (Å²) in [7, 11) is 0. The molecule has 5 nitrogen and oxygen atoms in total. The number of nitrogens with zero attached hydrogens (tertiary/aromatic N) is 1. The first-order valence-corrected chi connectivity index (χ1v) is 8.11. The molecule has 0 aromatic heterocycles. The lowest BCUT2D eigenvalue weighted by molar-refractivity contribution is -0.124. The van der Waals surface area contributed by atoms with Crippen molar-refractivity contribution in [2.24, 2.45) is 5.73 Å². The molecule has 2 aliphatic rings. The maximum atomic E-state index is 12.4. The van der Waals surface area contributed by atoms with Gasteiger partial charge in [0.05, 0.1) is 18.9 Å². The topological polar surface area (TPSA) is 67.6 Å². The molecule has 1 heterocycles. The van der Waals surface area contributed by atoms with Gasteiger partial charge in [0.2, 0.25) is 5.91 Å². The lowest BCUT2D eigenvalue weighted by atomic mass is 10.1. The predicted molar refractivity (Wildman–Crippen MR) is 85.2 cm³/mol. The highest BCUT2D eigenvalue weighted by molar-refractivity contribution is 9.10. The number of ether oxygens (including phenoxy) is 1. The second-order valence-corrected chi connectivity index (χ2v) is 6.41. The highest BCUT2D eigenvalue weighted by Gasteiger charge is 2.33. The van der Waals surface area contributed by atoms with Crippen molar-refractivity contribution >= 4 is 27.5 Å². The summed E-state index contributed by atoms with van der Waals surface area (Å²) in [6, 6.07) is 6.14. The van der Waals surface area contributed by atoms with Gasteiger partial charge < -0.3 is 20.7 Å². The smallest absolute Gasteiger partial charge is 0.245 e. The Morgan fingerprint density at radius 1 is 1.48 bits per heavy atom. The number of halogens is 1. The molecule has 1 unspecified atom stereocenters. The van der Waals surface area contributed by atoms with E-state index < -0.39 is 0 Å². The number of carbonyl (C=O) groups is 1. The van der Waals surface area contributed by atoms with Crippen molar-refractivity contribution in [1.82, 2.24) is 5.32 Å². The summed E-state index contributed by atoms with van der Waals surface area (Å²) < 4.78 is 6.47. The van der Waals surface area contributed by atoms with Crippen LogP contribution >= 0.6 is 15.9 Å². The molecular formula is C15H20BrN3O2. The Balaban J connectivity index is 1.81. The maximum Gasteiger partial charge on any atom is 0.245 e. The zero-order chi connectivity index (χ0) is 14.8. The summed E-state index contributed by atoms with van der Waals surface area (Å²) in [5.74, 6) is 0.0620. The minimum Gasteiger partial charge on any atom is -0.377 e. The van der Waals surface area contributed by atoms with E-state index in [0.29, 0.717) is 32.3 Å². The first-order valence-electron chi connectivity index (χ1n) is 7.32. The molecule has 3 N–H and O–H groups in total. The number of hydrogen-bond acceptors (Lipinski definition) is 4. The number of anilines is 1. The molecule has 1 aromatic rings. The molecule has 1 amide bonds. The van der Waals surface area contributed by atoms with Gasteiger partial charge in [-0.1, -0.05) is 6.07 Å². The standard InChI is InChI=1S/C15H20BrN3O2/c16-12-7-10(8-17)1-4-13(12)19-5-6-21-9-14(19)15(20)18-11-2-3-11/h1,4,7,11,14H,2-3,5-6,8-9,17H2,(H,18,20). The van der Waals surface area contributed by atoms with Gasteiger partial charge in [-0.05, 0) is 46.5 Å². The zero-order valence-corrected chi connectivity index (χ0v) is 13.4. The fraction of sp³-hybridized carbons (Fsp3) is 0.533. The number of nitrogens with two attached hydrogens (primary N) is 1. The van der Waals surface area contributed by atoms with Crippen LogP contribution in [0.25, 0.3) is 0 Å². The second kappa shape index (κ2) is 6.34. The molecule has 114 valence electrons. The largest absolute Gasteiger partial charge is 0.377 e. The van der Waals surface area contributed by atoms with Crippen LogP contribution in [0.5, 0.6) is 0 Å². The summed E-state index contributed by atoms with van der Waals surface area (Å²) in [5.41, 5.74) is 7.75. The first kappa shape index (κ1) is 14.8. The van der Waals surface area contributed by atoms with E-state index in [-0.39, 0.29) is 11.9 Å². The first-order chi connectivity index (χ1) is 10.2. The average Bonchev–Trinajstić information content (AvgIpc) is 3.31. The van der Waals surface area contributed by atoms with Crippen molar-refractivity contribution < 1.29 is 9.53 Å². The van der Waals surface area contributed by atoms with Crippen molar-refractivity contribution in [2.75, 3.05) is 24.7 Å². The van der Waals surface area contributed by atoms with E-state index in [9.17, 15) is 4.79 Å². The summed E-state index contributed by atoms with van der Waals surface area (Å²) in [6.07, 6.45) is 2.18. The van der Waals surface area contributed by atoms with E-state index in [1.807, 2.05) is 18.2 Å². The summed E-state index contributed by atoms with van der Waals surface area (Å²) >= 11 is 3.59. The van der Waals surface area contributed by atoms with Gasteiger partial charge >= 0.3 is 0 Å². The van der Waals surface area contributed by atoms with Crippen molar-refractivity contribution in [1.29, 1.82) is 0 Å². The molecule has 1 aliphatic heterocycles. The quantitative estimate of drug-likeness (QED) is 0.858. The molecule has 21 heavy (non-hydrogen) atoms. The number of amides is 1. The normalized spacial score (nSPS) is 22.2. The maximum absolute atomic E-state index is 12.4. The predicted octanol–water partition coefficient (Wildman–Crippen LogP) is 1.39. The Labute approximate surface area is 132 Å². The van der Waals surface area contributed by atoms with Crippen LogP contribution < -0.4 is 16.0 Å². The highest BCUT2D eigenvalue weighted by atomic mass is 79.9. The Morgan fingerprint density at radius 2 is 2.29 bits per heavy atom. The Hall–Kier alpha value is -1.11. The van der Waals surface area contributed by atoms with E-state index in [2.05, 4.69) is 26.1 Å². The Bertz CT molecular complexity index is 534. The third-order valence-corrected chi connectivity index (χ3v) is 4.55. The van der Waals surface area contributed by atoms with Crippen LogP contribution in [0.1, 0.15) is 18.4 Å². The van der Waals surface area contributed by atoms with Crippen LogP contribution in [-0.4, -0.2) is 37.7 Å². The summed E-state index contributed by atoms with van der Waals surface area (Å²) in [4.78, 5) is 14.5. The molecule has 3 rings (SSSR count). The number of morpholine rings is 1. The van der Waals surface area contributed by atoms with Crippen molar-refractivity contribution in [3.8, 4) is 0 Å². The lowest BCUT2D eigenvalue weighted by Gasteiger charge is -2.37. The molecule has 1 saturated heterocycles. The molecule has 2 fully saturated rings. The van der Waals surface area contributed by atoms with Crippen LogP contribution in [0.4, 0.5) is 5.69 Å². The van der Waals surface area contributed by atoms with Gasteiger partial charge in [-0.25, -0.2) is 0 Å². The van der Waals surface area contributed by atoms with Crippen LogP contribution in [0, 0.1) is 0 Å². The van der Waals surface area contributed by atoms with Crippen molar-refractivity contribution in [3.63, 3.8) is 0 Å². The molecule has 1 aromatic carbocycles. The molecular weight excluding hydrogens is 334 g/mol. The monoisotopic (exact) mass is 353 g/mol. The van der Waals surface area contributed by atoms with Gasteiger partial charge in [-0.15, -0.1) is 0 Å². The third-order valence-electron chi connectivity index (χ3n) is 3.91. The van der Waals surface area contributed by atoms with E-state index >= 15 is 0 Å². The van der Waals surface area contributed by atoms with Crippen LogP contribution in [0.2, 0.25) is 0 Å². The molecule has 0 radical (unpaired) electrons. The number of nitrogens with one attached hydrogen (secondary N) is 1. The Kier molecular flexibility index (Phi) is 4.47. The molecule has 0 bridgehead atoms. The SMILES string of the molecule is NCc1ccc(N2CCOCC2C(=O)NC2CC2)c(Br)c1. The number of carbonyl (C=O) groups excluding carboxylic acids is 1. The fourth-order valence-corrected chi connectivity index (χ4v) is 3.20. The molecule has 1 atom stereocenters. The van der Waals surface area contributed by atoms with Gasteiger partial charge in [0.25, 0.3) is 0 Å². The van der Waals surface area contributed by atoms with Crippen LogP contribution in [-0.2, 0) is 16.1 Å². The number of hydrogen-bond donors (Lipinski definition) is 2. The van der Waals surface area contributed by atoms with Gasteiger partial charge in [-0.2, -0.15) is 0 Å². The van der Waals surface area contributed by atoms with Gasteiger partial charge in [-0.3, -0.25) is 4.79 Å². The van der Waals surface area contributed by atoms with Gasteiger partial charge in [0, 0.05) is 23.6 Å². The number of rotatable bonds is 4. The van der Waals surface area contributed by atoms with Crippen LogP contribution in [0.3, 0.4) is 0 Å². The van der Waals surface area contributed by atoms with Gasteiger partial charge in [0.1, 0.15) is 6.04 Å². The highest BCUT2D eigenvalue weighted by Crippen LogP contribution is 2.30. The third kappa shape index (κ3) is 3.39. The minimum atomic E-state index is -0.264. The van der Waals surface area contributed by atoms with Crippen LogP contribution in [0.15, 0.2) is 22.7 Å². The second-order valence-electron chi connectivity index (χ2n) is 5.56. The molecule has 1 aliphatic carbocycles. The Morgan fingerprint density at radius 3 is 2.95 bits per heavy atom. The van der Waals surface area contributed by atoms with Gasteiger partial charge in [0.15, 0.2) is 0 Å². The summed E-state index contributed by atoms with van der Waals surface area (Å²) in [5, 5.41) is 3.07. The fourth-order valence-electron chi connectivity index (χ4n) is 2.54. The van der Waals surface area contributed by atoms with E-state index in [1.165, 1.54) is 0 Å². The van der Waals surface area contributed by atoms with E-state index in [1.54, 1.807) is 0 Å². The van der Waals surface area contributed by atoms with Crippen molar-refractivity contribution in [2.45, 2.75) is 31.5 Å². The van der Waals surface area contributed by atoms with E-state index in [4.69, 9.17) is 10.5 Å².